The van der Waals surface area contributed by atoms with Crippen LogP contribution in [0.3, 0.4) is 0 Å². The van der Waals surface area contributed by atoms with Crippen molar-refractivity contribution < 1.29 is 38.5 Å². The molecule has 1 heterocycles. The number of ketones is 2. The zero-order valence-corrected chi connectivity index (χ0v) is 25.7. The summed E-state index contributed by atoms with van der Waals surface area (Å²) in [6.45, 7) is 10.7. The van der Waals surface area contributed by atoms with E-state index in [1.54, 1.807) is 32.1 Å². The second kappa shape index (κ2) is 15.6. The molecule has 2 rings (SSSR count). The van der Waals surface area contributed by atoms with Gasteiger partial charge in [0.05, 0.1) is 23.6 Å². The molecule has 1 unspecified atom stereocenters. The number of carbonyl (C=O) groups is 4. The molecule has 0 saturated heterocycles. The second-order valence-electron chi connectivity index (χ2n) is 11.2. The van der Waals surface area contributed by atoms with Crippen molar-refractivity contribution in [2.75, 3.05) is 14.2 Å². The molecule has 232 valence electrons. The third-order valence-electron chi connectivity index (χ3n) is 7.23. The van der Waals surface area contributed by atoms with E-state index < -0.39 is 53.9 Å². The molecule has 2 bridgehead atoms. The number of amides is 2. The summed E-state index contributed by atoms with van der Waals surface area (Å²) in [5.41, 5.74) is 6.54. The van der Waals surface area contributed by atoms with Crippen LogP contribution in [-0.2, 0) is 28.6 Å². The third-order valence-corrected chi connectivity index (χ3v) is 7.23. The van der Waals surface area contributed by atoms with Crippen LogP contribution in [0.1, 0.15) is 54.4 Å². The Labute approximate surface area is 247 Å². The van der Waals surface area contributed by atoms with Crippen molar-refractivity contribution >= 4 is 23.6 Å². The first kappa shape index (κ1) is 34.7. The van der Waals surface area contributed by atoms with E-state index in [1.807, 2.05) is 27.7 Å². The molecule has 11 nitrogen and oxygen atoms in total. The van der Waals surface area contributed by atoms with Crippen molar-refractivity contribution in [1.82, 2.24) is 10.6 Å². The van der Waals surface area contributed by atoms with Crippen molar-refractivity contribution in [1.29, 1.82) is 0 Å². The molecule has 0 aromatic heterocycles. The van der Waals surface area contributed by atoms with Crippen LogP contribution in [0.2, 0.25) is 0 Å². The fourth-order valence-corrected chi connectivity index (χ4v) is 5.03. The van der Waals surface area contributed by atoms with Crippen molar-refractivity contribution in [3.8, 4) is 0 Å². The summed E-state index contributed by atoms with van der Waals surface area (Å²) in [4.78, 5) is 51.4. The summed E-state index contributed by atoms with van der Waals surface area (Å²) in [6.07, 6.45) is 3.89. The molecule has 5 N–H and O–H groups in total. The molecule has 2 amide bonds. The molecule has 0 saturated carbocycles. The summed E-state index contributed by atoms with van der Waals surface area (Å²) >= 11 is 0. The molecule has 11 heteroatoms. The van der Waals surface area contributed by atoms with Crippen molar-refractivity contribution in [3.63, 3.8) is 0 Å². The zero-order valence-electron chi connectivity index (χ0n) is 25.7. The molecule has 2 aliphatic rings. The quantitative estimate of drug-likeness (QED) is 0.279. The fourth-order valence-electron chi connectivity index (χ4n) is 5.03. The van der Waals surface area contributed by atoms with Gasteiger partial charge in [0.15, 0.2) is 6.10 Å². The number of aliphatic hydroxyl groups excluding tert-OH is 1. The Kier molecular flexibility index (Phi) is 12.9. The summed E-state index contributed by atoms with van der Waals surface area (Å²) in [5.74, 6) is -2.05. The van der Waals surface area contributed by atoms with Crippen LogP contribution in [-0.4, -0.2) is 73.4 Å². The molecule has 0 fully saturated rings. The van der Waals surface area contributed by atoms with Gasteiger partial charge in [-0.1, -0.05) is 38.2 Å². The van der Waals surface area contributed by atoms with E-state index >= 15 is 0 Å². The molecule has 0 radical (unpaired) electrons. The third kappa shape index (κ3) is 9.23. The van der Waals surface area contributed by atoms with E-state index in [1.165, 1.54) is 20.3 Å². The van der Waals surface area contributed by atoms with Crippen LogP contribution in [0, 0.1) is 11.8 Å². The molecular weight excluding hydrogens is 542 g/mol. The van der Waals surface area contributed by atoms with Crippen molar-refractivity contribution in [2.24, 2.45) is 17.6 Å². The number of ether oxygens (including phenoxy) is 3. The number of Topliss-reactive ketones (excluding diaryl/α,β-unsaturated/α-hetero) is 1. The SMILES string of the molecule is COC1/C=C\C=C(/C)C(=O)NC2=CC(=O)C(NC(C)C)=C(C[C@@H](C)C[C@H](OC)[C@H](O)[C@@H](C)/C=C(\C)[C@@H]1OC(N)=O)C2=O. The Morgan fingerprint density at radius 3 is 2.38 bits per heavy atom. The highest BCUT2D eigenvalue weighted by Crippen LogP contribution is 2.29. The predicted octanol–water partition coefficient (Wildman–Crippen LogP) is 2.76. The number of rotatable bonds is 5. The lowest BCUT2D eigenvalue weighted by Crippen LogP contribution is -2.38. The van der Waals surface area contributed by atoms with Gasteiger partial charge in [-0.3, -0.25) is 14.4 Å². The summed E-state index contributed by atoms with van der Waals surface area (Å²) in [5, 5.41) is 16.9. The van der Waals surface area contributed by atoms with E-state index in [0.29, 0.717) is 12.0 Å². The number of fused-ring (bicyclic) bond motifs is 2. The molecule has 1 aliphatic heterocycles. The van der Waals surface area contributed by atoms with Crippen LogP contribution in [0.4, 0.5) is 4.79 Å². The van der Waals surface area contributed by atoms with Crippen molar-refractivity contribution in [2.45, 2.75) is 84.8 Å². The van der Waals surface area contributed by atoms with E-state index in [-0.39, 0.29) is 40.9 Å². The maximum atomic E-state index is 13.6. The second-order valence-corrected chi connectivity index (χ2v) is 11.2. The van der Waals surface area contributed by atoms with Gasteiger partial charge >= 0.3 is 6.09 Å². The highest BCUT2D eigenvalue weighted by atomic mass is 16.6. The number of aliphatic hydroxyl groups is 1. The number of allylic oxidation sites excluding steroid dienone is 4. The average Bonchev–Trinajstić information content (AvgIpc) is 2.91. The molecule has 0 aromatic rings. The lowest BCUT2D eigenvalue weighted by Gasteiger charge is -2.30. The van der Waals surface area contributed by atoms with Gasteiger partial charge in [0, 0.05) is 43.4 Å². The van der Waals surface area contributed by atoms with Gasteiger partial charge in [-0.15, -0.1) is 0 Å². The number of hydrogen-bond donors (Lipinski definition) is 4. The predicted molar refractivity (Wildman–Crippen MR) is 158 cm³/mol. The number of nitrogens with one attached hydrogen (secondary N) is 2. The highest BCUT2D eigenvalue weighted by molar-refractivity contribution is 6.23. The molecule has 0 spiro atoms. The summed E-state index contributed by atoms with van der Waals surface area (Å²) in [6, 6.07) is -0.110. The Hall–Kier alpha value is -3.54. The van der Waals surface area contributed by atoms with Crippen LogP contribution >= 0.6 is 0 Å². The minimum absolute atomic E-state index is 0.110. The Bertz CT molecular complexity index is 1200. The minimum Gasteiger partial charge on any atom is -0.439 e. The number of primary amides is 1. The Balaban J connectivity index is 2.63. The summed E-state index contributed by atoms with van der Waals surface area (Å²) < 4.78 is 16.6. The van der Waals surface area contributed by atoms with Gasteiger partial charge in [0.1, 0.15) is 6.10 Å². The van der Waals surface area contributed by atoms with Gasteiger partial charge < -0.3 is 35.7 Å². The monoisotopic (exact) mass is 587 g/mol. The molecule has 0 aromatic carbocycles. The van der Waals surface area contributed by atoms with Crippen LogP contribution in [0.25, 0.3) is 0 Å². The van der Waals surface area contributed by atoms with Crippen LogP contribution in [0.15, 0.2) is 58.5 Å². The fraction of sp³-hybridized carbons (Fsp3) is 0.548. The standard InChI is InChI=1S/C31H45N3O8/c1-16(2)33-26-21-12-17(3)13-25(41-8)27(36)19(5)14-20(6)29(42-31(32)39)24(40-7)11-9-10-18(4)30(38)34-22(28(21)37)15-23(26)35/h9-11,14-17,19,24-25,27,29,33,36H,12-13H2,1-8H3,(H2,32,39)(H,34,38)/b11-9-,18-10+,20-14+/t17-,19+,24?,25+,27-,29+/m1/s1. The van der Waals surface area contributed by atoms with Gasteiger partial charge in [-0.2, -0.15) is 0 Å². The largest absolute Gasteiger partial charge is 0.439 e. The van der Waals surface area contributed by atoms with E-state index in [0.717, 1.165) is 6.08 Å². The van der Waals surface area contributed by atoms with Crippen LogP contribution in [0.5, 0.6) is 0 Å². The van der Waals surface area contributed by atoms with Gasteiger partial charge in [0.2, 0.25) is 11.6 Å². The minimum atomic E-state index is -0.997. The van der Waals surface area contributed by atoms with Crippen molar-refractivity contribution in [3.05, 3.63) is 58.5 Å². The molecule has 1 aliphatic carbocycles. The number of hydrogen-bond acceptors (Lipinski definition) is 9. The topological polar surface area (TPSA) is 166 Å². The van der Waals surface area contributed by atoms with Gasteiger partial charge in [-0.05, 0) is 52.0 Å². The molecule has 6 atom stereocenters. The smallest absolute Gasteiger partial charge is 0.405 e. The normalized spacial score (nSPS) is 31.9. The number of methoxy groups -OCH3 is 2. The van der Waals surface area contributed by atoms with Crippen LogP contribution < -0.4 is 16.4 Å². The van der Waals surface area contributed by atoms with Gasteiger partial charge in [0.25, 0.3) is 5.91 Å². The first-order chi connectivity index (χ1) is 19.7. The summed E-state index contributed by atoms with van der Waals surface area (Å²) in [7, 11) is 2.93. The van der Waals surface area contributed by atoms with Gasteiger partial charge in [-0.25, -0.2) is 4.79 Å². The Morgan fingerprint density at radius 2 is 1.81 bits per heavy atom. The Morgan fingerprint density at radius 1 is 1.14 bits per heavy atom. The lowest BCUT2D eigenvalue weighted by molar-refractivity contribution is -0.120. The molecular formula is C31H45N3O8. The van der Waals surface area contributed by atoms with E-state index in [2.05, 4.69) is 10.6 Å². The average molecular weight is 588 g/mol. The maximum Gasteiger partial charge on any atom is 0.405 e. The zero-order chi connectivity index (χ0) is 31.7. The number of carbonyl (C=O) groups excluding carboxylic acids is 4. The molecule has 42 heavy (non-hydrogen) atoms. The van der Waals surface area contributed by atoms with E-state index in [4.69, 9.17) is 19.9 Å². The van der Waals surface area contributed by atoms with E-state index in [9.17, 15) is 24.3 Å². The lowest BCUT2D eigenvalue weighted by atomic mass is 9.85. The highest BCUT2D eigenvalue weighted by Gasteiger charge is 2.33. The maximum absolute atomic E-state index is 13.6. The first-order valence-electron chi connectivity index (χ1n) is 14.0. The first-order valence-corrected chi connectivity index (χ1v) is 14.0. The number of nitrogens with two attached hydrogens (primary N) is 1.